The Labute approximate surface area is 143 Å². The predicted molar refractivity (Wildman–Crippen MR) is 95.7 cm³/mol. The molecule has 23 heavy (non-hydrogen) atoms. The van der Waals surface area contributed by atoms with Gasteiger partial charge in [0.1, 0.15) is 0 Å². The van der Waals surface area contributed by atoms with Crippen LogP contribution in [0.4, 0.5) is 0 Å². The Kier molecular flexibility index (Phi) is 6.20. The van der Waals surface area contributed by atoms with Crippen molar-refractivity contribution in [2.75, 3.05) is 13.1 Å². The number of likely N-dealkylation sites (tertiary alicyclic amines) is 1. The molecular formula is C19H23ClN2O. The summed E-state index contributed by atoms with van der Waals surface area (Å²) in [6.07, 6.45) is 1.52. The zero-order valence-electron chi connectivity index (χ0n) is 13.2. The lowest BCUT2D eigenvalue weighted by Gasteiger charge is -2.17. The lowest BCUT2D eigenvalue weighted by molar-refractivity contribution is -0.129. The fraction of sp³-hybridized carbons (Fsp3) is 0.316. The zero-order valence-corrected chi connectivity index (χ0v) is 14.0. The Morgan fingerprint density at radius 2 is 1.83 bits per heavy atom. The number of benzene rings is 2. The maximum atomic E-state index is 12.5. The third-order valence-corrected chi connectivity index (χ3v) is 4.39. The van der Waals surface area contributed by atoms with E-state index in [9.17, 15) is 4.79 Å². The van der Waals surface area contributed by atoms with Crippen molar-refractivity contribution >= 4 is 18.3 Å². The highest BCUT2D eigenvalue weighted by atomic mass is 35.5. The number of carbonyl (C=O) groups excluding carboxylic acids is 1. The van der Waals surface area contributed by atoms with Crippen LogP contribution in [0, 0.1) is 0 Å². The van der Waals surface area contributed by atoms with Gasteiger partial charge in [-0.05, 0) is 23.1 Å². The van der Waals surface area contributed by atoms with Crippen molar-refractivity contribution in [3.8, 4) is 0 Å². The van der Waals surface area contributed by atoms with E-state index in [-0.39, 0.29) is 18.3 Å². The van der Waals surface area contributed by atoms with E-state index in [1.807, 2.05) is 35.2 Å². The molecule has 1 aliphatic rings. The minimum atomic E-state index is 0. The monoisotopic (exact) mass is 330 g/mol. The molecule has 1 aliphatic heterocycles. The molecule has 0 aliphatic carbocycles. The van der Waals surface area contributed by atoms with Crippen LogP contribution in [-0.4, -0.2) is 23.9 Å². The number of nitrogens with two attached hydrogens (primary N) is 1. The van der Waals surface area contributed by atoms with Crippen LogP contribution in [0.5, 0.6) is 0 Å². The van der Waals surface area contributed by atoms with Crippen molar-refractivity contribution in [3.05, 3.63) is 71.3 Å². The first kappa shape index (κ1) is 17.5. The van der Waals surface area contributed by atoms with Gasteiger partial charge < -0.3 is 10.6 Å². The Morgan fingerprint density at radius 3 is 2.57 bits per heavy atom. The minimum absolute atomic E-state index is 0. The normalized spacial score (nSPS) is 16.9. The summed E-state index contributed by atoms with van der Waals surface area (Å²) in [5.41, 5.74) is 9.12. The number of halogens is 1. The van der Waals surface area contributed by atoms with E-state index < -0.39 is 0 Å². The molecule has 1 fully saturated rings. The molecule has 0 radical (unpaired) electrons. The number of nitrogens with zero attached hydrogens (tertiary/aromatic N) is 1. The van der Waals surface area contributed by atoms with Gasteiger partial charge in [-0.15, -0.1) is 12.4 Å². The van der Waals surface area contributed by atoms with Gasteiger partial charge in [0.15, 0.2) is 0 Å². The highest BCUT2D eigenvalue weighted by molar-refractivity contribution is 5.85. The van der Waals surface area contributed by atoms with Crippen molar-refractivity contribution in [1.29, 1.82) is 0 Å². The second kappa shape index (κ2) is 8.14. The van der Waals surface area contributed by atoms with Gasteiger partial charge in [-0.3, -0.25) is 4.79 Å². The lowest BCUT2D eigenvalue weighted by atomic mass is 9.99. The summed E-state index contributed by atoms with van der Waals surface area (Å²) in [6.45, 7) is 2.20. The first-order valence-electron chi connectivity index (χ1n) is 7.87. The molecule has 1 atom stereocenters. The fourth-order valence-electron chi connectivity index (χ4n) is 3.14. The summed E-state index contributed by atoms with van der Waals surface area (Å²) in [5.74, 6) is 0.688. The predicted octanol–water partition coefficient (Wildman–Crippen LogP) is 3.13. The standard InChI is InChI=1S/C19H22N2O.ClH/c20-13-16-6-4-5-15(11-16)12-19(22)21-10-9-18(14-21)17-7-2-1-3-8-17;/h1-8,11,18H,9-10,12-14,20H2;1H. The third kappa shape index (κ3) is 4.34. The molecule has 2 aromatic rings. The van der Waals surface area contributed by atoms with Crippen molar-refractivity contribution < 1.29 is 4.79 Å². The molecule has 0 bridgehead atoms. The summed E-state index contributed by atoms with van der Waals surface area (Å²) in [5, 5.41) is 0. The second-order valence-electron chi connectivity index (χ2n) is 5.94. The summed E-state index contributed by atoms with van der Waals surface area (Å²) < 4.78 is 0. The van der Waals surface area contributed by atoms with Gasteiger partial charge in [-0.2, -0.15) is 0 Å². The number of carbonyl (C=O) groups is 1. The maximum absolute atomic E-state index is 12.5. The largest absolute Gasteiger partial charge is 0.342 e. The van der Waals surface area contributed by atoms with Crippen molar-refractivity contribution in [1.82, 2.24) is 4.90 Å². The molecule has 0 spiro atoms. The van der Waals surface area contributed by atoms with Gasteiger partial charge in [0.2, 0.25) is 5.91 Å². The van der Waals surface area contributed by atoms with Crippen LogP contribution < -0.4 is 5.73 Å². The molecule has 1 saturated heterocycles. The molecule has 0 aromatic heterocycles. The van der Waals surface area contributed by atoms with E-state index in [2.05, 4.69) is 24.3 Å². The third-order valence-electron chi connectivity index (χ3n) is 4.39. The van der Waals surface area contributed by atoms with Gasteiger partial charge in [0.25, 0.3) is 0 Å². The van der Waals surface area contributed by atoms with Crippen LogP contribution in [0.25, 0.3) is 0 Å². The quantitative estimate of drug-likeness (QED) is 0.936. The van der Waals surface area contributed by atoms with Crippen LogP contribution in [0.1, 0.15) is 29.0 Å². The SMILES string of the molecule is Cl.NCc1cccc(CC(=O)N2CCC(c3ccccc3)C2)c1. The van der Waals surface area contributed by atoms with E-state index >= 15 is 0 Å². The number of hydrogen-bond donors (Lipinski definition) is 1. The molecule has 0 saturated carbocycles. The van der Waals surface area contributed by atoms with Gasteiger partial charge in [-0.25, -0.2) is 0 Å². The molecule has 1 unspecified atom stereocenters. The van der Waals surface area contributed by atoms with E-state index in [0.29, 0.717) is 18.9 Å². The number of hydrogen-bond acceptors (Lipinski definition) is 2. The van der Waals surface area contributed by atoms with Crippen molar-refractivity contribution in [2.24, 2.45) is 5.73 Å². The van der Waals surface area contributed by atoms with E-state index in [0.717, 1.165) is 30.6 Å². The van der Waals surface area contributed by atoms with Gasteiger partial charge in [0, 0.05) is 25.6 Å². The Morgan fingerprint density at radius 1 is 1.09 bits per heavy atom. The van der Waals surface area contributed by atoms with E-state index in [1.54, 1.807) is 0 Å². The fourth-order valence-corrected chi connectivity index (χ4v) is 3.14. The molecular weight excluding hydrogens is 308 g/mol. The maximum Gasteiger partial charge on any atom is 0.227 e. The Hall–Kier alpha value is -1.84. The molecule has 122 valence electrons. The smallest absolute Gasteiger partial charge is 0.227 e. The Balaban J connectivity index is 0.00000192. The first-order valence-corrected chi connectivity index (χ1v) is 7.87. The Bertz CT molecular complexity index is 645. The van der Waals surface area contributed by atoms with Gasteiger partial charge >= 0.3 is 0 Å². The van der Waals surface area contributed by atoms with Crippen molar-refractivity contribution in [2.45, 2.75) is 25.3 Å². The topological polar surface area (TPSA) is 46.3 Å². The average molecular weight is 331 g/mol. The summed E-state index contributed by atoms with van der Waals surface area (Å²) in [6, 6.07) is 18.5. The van der Waals surface area contributed by atoms with Gasteiger partial charge in [0.05, 0.1) is 6.42 Å². The molecule has 3 nitrogen and oxygen atoms in total. The molecule has 2 N–H and O–H groups in total. The minimum Gasteiger partial charge on any atom is -0.342 e. The van der Waals surface area contributed by atoms with E-state index in [4.69, 9.17) is 5.73 Å². The molecule has 1 amide bonds. The van der Waals surface area contributed by atoms with Crippen LogP contribution in [-0.2, 0) is 17.8 Å². The van der Waals surface area contributed by atoms with E-state index in [1.165, 1.54) is 5.56 Å². The number of amides is 1. The molecule has 1 heterocycles. The molecule has 2 aromatic carbocycles. The molecule has 4 heteroatoms. The summed E-state index contributed by atoms with van der Waals surface area (Å²) in [4.78, 5) is 14.5. The highest BCUT2D eigenvalue weighted by Gasteiger charge is 2.26. The van der Waals surface area contributed by atoms with Crippen molar-refractivity contribution in [3.63, 3.8) is 0 Å². The first-order chi connectivity index (χ1) is 10.8. The zero-order chi connectivity index (χ0) is 15.4. The summed E-state index contributed by atoms with van der Waals surface area (Å²) >= 11 is 0. The summed E-state index contributed by atoms with van der Waals surface area (Å²) in [7, 11) is 0. The van der Waals surface area contributed by atoms with Crippen LogP contribution in [0.2, 0.25) is 0 Å². The second-order valence-corrected chi connectivity index (χ2v) is 5.94. The van der Waals surface area contributed by atoms with Crippen LogP contribution in [0.3, 0.4) is 0 Å². The lowest BCUT2D eigenvalue weighted by Crippen LogP contribution is -2.29. The van der Waals surface area contributed by atoms with Crippen LogP contribution >= 0.6 is 12.4 Å². The molecule has 3 rings (SSSR count). The average Bonchev–Trinajstić information content (AvgIpc) is 3.06. The van der Waals surface area contributed by atoms with Gasteiger partial charge in [-0.1, -0.05) is 54.6 Å². The highest BCUT2D eigenvalue weighted by Crippen LogP contribution is 2.27. The van der Waals surface area contributed by atoms with Crippen LogP contribution in [0.15, 0.2) is 54.6 Å². The number of rotatable bonds is 4.